The van der Waals surface area contributed by atoms with Crippen LogP contribution in [-0.2, 0) is 0 Å². The lowest BCUT2D eigenvalue weighted by atomic mass is 10.1. The molecule has 0 unspecified atom stereocenters. The lowest BCUT2D eigenvalue weighted by Gasteiger charge is -2.16. The van der Waals surface area contributed by atoms with E-state index < -0.39 is 6.10 Å². The van der Waals surface area contributed by atoms with E-state index in [0.717, 1.165) is 5.56 Å². The summed E-state index contributed by atoms with van der Waals surface area (Å²) in [6, 6.07) is 4.98. The van der Waals surface area contributed by atoms with Crippen LogP contribution in [0.3, 0.4) is 0 Å². The van der Waals surface area contributed by atoms with Crippen LogP contribution in [0.25, 0.3) is 0 Å². The van der Waals surface area contributed by atoms with Gasteiger partial charge in [-0.05, 0) is 31.0 Å². The standard InChI is InChI=1S/C12H15NO3/c1-8-2-3-10(11(15)6-8)12(16)13-5-4-9(14)7-13/h2-3,6,9,14-15H,4-5,7H2,1H3/t9-/m1/s1. The second-order valence-electron chi connectivity index (χ2n) is 4.21. The molecule has 1 atom stereocenters. The molecule has 1 aromatic rings. The summed E-state index contributed by atoms with van der Waals surface area (Å²) in [5.41, 5.74) is 1.22. The SMILES string of the molecule is Cc1ccc(C(=O)N2CC[C@@H](O)C2)c(O)c1. The molecule has 2 rings (SSSR count). The van der Waals surface area contributed by atoms with Crippen molar-refractivity contribution in [3.05, 3.63) is 29.3 Å². The Kier molecular flexibility index (Phi) is 2.83. The lowest BCUT2D eigenvalue weighted by molar-refractivity contribution is 0.0762. The number of nitrogens with zero attached hydrogens (tertiary/aromatic N) is 1. The van der Waals surface area contributed by atoms with Crippen LogP contribution in [0, 0.1) is 6.92 Å². The molecule has 0 aliphatic carbocycles. The van der Waals surface area contributed by atoms with E-state index in [1.54, 1.807) is 23.1 Å². The molecule has 0 aromatic heterocycles. The molecule has 1 aliphatic heterocycles. The molecule has 1 aromatic carbocycles. The van der Waals surface area contributed by atoms with Crippen LogP contribution in [0.5, 0.6) is 5.75 Å². The quantitative estimate of drug-likeness (QED) is 0.741. The molecule has 2 N–H and O–H groups in total. The monoisotopic (exact) mass is 221 g/mol. The van der Waals surface area contributed by atoms with E-state index >= 15 is 0 Å². The van der Waals surface area contributed by atoms with Crippen molar-refractivity contribution in [2.24, 2.45) is 0 Å². The summed E-state index contributed by atoms with van der Waals surface area (Å²) in [4.78, 5) is 13.5. The minimum absolute atomic E-state index is 0.00592. The second kappa shape index (κ2) is 4.14. The first-order valence-corrected chi connectivity index (χ1v) is 5.35. The number of phenols is 1. The number of likely N-dealkylation sites (tertiary alicyclic amines) is 1. The van der Waals surface area contributed by atoms with Crippen LogP contribution < -0.4 is 0 Å². The molecule has 0 bridgehead atoms. The fourth-order valence-electron chi connectivity index (χ4n) is 1.92. The summed E-state index contributed by atoms with van der Waals surface area (Å²) in [6.45, 7) is 2.76. The predicted molar refractivity (Wildman–Crippen MR) is 59.4 cm³/mol. The van der Waals surface area contributed by atoms with Crippen LogP contribution in [0.2, 0.25) is 0 Å². The molecule has 4 heteroatoms. The predicted octanol–water partition coefficient (Wildman–Crippen LogP) is 0.907. The molecule has 0 spiro atoms. The van der Waals surface area contributed by atoms with Gasteiger partial charge in [0.15, 0.2) is 0 Å². The van der Waals surface area contributed by atoms with Crippen LogP contribution in [0.4, 0.5) is 0 Å². The smallest absolute Gasteiger partial charge is 0.257 e. The first kappa shape index (κ1) is 11.0. The number of phenolic OH excluding ortho intramolecular Hbond substituents is 1. The Balaban J connectivity index is 2.21. The van der Waals surface area contributed by atoms with E-state index in [4.69, 9.17) is 0 Å². The van der Waals surface area contributed by atoms with Gasteiger partial charge in [0.2, 0.25) is 0 Å². The van der Waals surface area contributed by atoms with Gasteiger partial charge in [-0.1, -0.05) is 6.07 Å². The number of hydrogen-bond acceptors (Lipinski definition) is 3. The van der Waals surface area contributed by atoms with E-state index in [1.807, 2.05) is 6.92 Å². The van der Waals surface area contributed by atoms with Gasteiger partial charge in [0.05, 0.1) is 11.7 Å². The van der Waals surface area contributed by atoms with Crippen LogP contribution in [0.1, 0.15) is 22.3 Å². The van der Waals surface area contributed by atoms with Crippen molar-refractivity contribution < 1.29 is 15.0 Å². The molecule has 86 valence electrons. The van der Waals surface area contributed by atoms with Gasteiger partial charge in [-0.2, -0.15) is 0 Å². The van der Waals surface area contributed by atoms with E-state index in [-0.39, 0.29) is 11.7 Å². The fraction of sp³-hybridized carbons (Fsp3) is 0.417. The number of β-amino-alcohol motifs (C(OH)–C–C–N with tert-alkyl or cyclic N) is 1. The number of aliphatic hydroxyl groups is 1. The Hall–Kier alpha value is -1.55. The summed E-state index contributed by atoms with van der Waals surface area (Å²) >= 11 is 0. The normalized spacial score (nSPS) is 20.1. The summed E-state index contributed by atoms with van der Waals surface area (Å²) in [5, 5.41) is 19.0. The molecule has 0 saturated carbocycles. The number of aromatic hydroxyl groups is 1. The number of amides is 1. The Bertz CT molecular complexity index is 417. The van der Waals surface area contributed by atoms with Crippen molar-refractivity contribution in [1.29, 1.82) is 0 Å². The molecule has 0 radical (unpaired) electrons. The molecule has 1 amide bonds. The third-order valence-corrected chi connectivity index (χ3v) is 2.83. The highest BCUT2D eigenvalue weighted by Gasteiger charge is 2.26. The minimum Gasteiger partial charge on any atom is -0.507 e. The number of rotatable bonds is 1. The molecule has 1 saturated heterocycles. The van der Waals surface area contributed by atoms with Gasteiger partial charge in [0.1, 0.15) is 5.75 Å². The first-order chi connectivity index (χ1) is 7.58. The maximum absolute atomic E-state index is 12.0. The number of carbonyl (C=O) groups is 1. The fourth-order valence-corrected chi connectivity index (χ4v) is 1.92. The maximum Gasteiger partial charge on any atom is 0.257 e. The Labute approximate surface area is 94.1 Å². The Morgan fingerprint density at radius 3 is 2.81 bits per heavy atom. The van der Waals surface area contributed by atoms with Crippen LogP contribution in [-0.4, -0.2) is 40.2 Å². The highest BCUT2D eigenvalue weighted by molar-refractivity contribution is 5.97. The van der Waals surface area contributed by atoms with Crippen LogP contribution >= 0.6 is 0 Å². The molecule has 1 heterocycles. The van der Waals surface area contributed by atoms with Gasteiger partial charge in [0.25, 0.3) is 5.91 Å². The summed E-state index contributed by atoms with van der Waals surface area (Å²) < 4.78 is 0. The molecular weight excluding hydrogens is 206 g/mol. The lowest BCUT2D eigenvalue weighted by Crippen LogP contribution is -2.29. The van der Waals surface area contributed by atoms with Crippen molar-refractivity contribution in [3.63, 3.8) is 0 Å². The number of carbonyl (C=O) groups excluding carboxylic acids is 1. The highest BCUT2D eigenvalue weighted by Crippen LogP contribution is 2.22. The number of aryl methyl sites for hydroxylation is 1. The van der Waals surface area contributed by atoms with Gasteiger partial charge in [0, 0.05) is 13.1 Å². The second-order valence-corrected chi connectivity index (χ2v) is 4.21. The number of hydrogen-bond donors (Lipinski definition) is 2. The third-order valence-electron chi connectivity index (χ3n) is 2.83. The largest absolute Gasteiger partial charge is 0.507 e. The topological polar surface area (TPSA) is 60.8 Å². The van der Waals surface area contributed by atoms with Crippen molar-refractivity contribution in [3.8, 4) is 5.75 Å². The maximum atomic E-state index is 12.0. The van der Waals surface area contributed by atoms with Crippen molar-refractivity contribution in [2.75, 3.05) is 13.1 Å². The zero-order valence-corrected chi connectivity index (χ0v) is 9.18. The van der Waals surface area contributed by atoms with Gasteiger partial charge < -0.3 is 15.1 Å². The average Bonchev–Trinajstić information content (AvgIpc) is 2.64. The van der Waals surface area contributed by atoms with E-state index in [9.17, 15) is 15.0 Å². The average molecular weight is 221 g/mol. The zero-order chi connectivity index (χ0) is 11.7. The van der Waals surface area contributed by atoms with Gasteiger partial charge >= 0.3 is 0 Å². The highest BCUT2D eigenvalue weighted by atomic mass is 16.3. The van der Waals surface area contributed by atoms with Crippen molar-refractivity contribution >= 4 is 5.91 Å². The van der Waals surface area contributed by atoms with Crippen molar-refractivity contribution in [1.82, 2.24) is 4.90 Å². The third kappa shape index (κ3) is 2.02. The Morgan fingerprint density at radius 1 is 1.50 bits per heavy atom. The van der Waals surface area contributed by atoms with E-state index in [1.165, 1.54) is 0 Å². The van der Waals surface area contributed by atoms with Gasteiger partial charge in [-0.15, -0.1) is 0 Å². The minimum atomic E-state index is -0.434. The molecular formula is C12H15NO3. The van der Waals surface area contributed by atoms with Crippen molar-refractivity contribution in [2.45, 2.75) is 19.4 Å². The first-order valence-electron chi connectivity index (χ1n) is 5.35. The summed E-state index contributed by atoms with van der Waals surface area (Å²) in [5.74, 6) is -0.208. The molecule has 4 nitrogen and oxygen atoms in total. The number of benzene rings is 1. The van der Waals surface area contributed by atoms with Gasteiger partial charge in [-0.3, -0.25) is 4.79 Å². The molecule has 1 fully saturated rings. The summed E-state index contributed by atoms with van der Waals surface area (Å²) in [6.07, 6.45) is 0.176. The van der Waals surface area contributed by atoms with Gasteiger partial charge in [-0.25, -0.2) is 0 Å². The Morgan fingerprint density at radius 2 is 2.25 bits per heavy atom. The molecule has 1 aliphatic rings. The van der Waals surface area contributed by atoms with Crippen LogP contribution in [0.15, 0.2) is 18.2 Å². The van der Waals surface area contributed by atoms with E-state index in [2.05, 4.69) is 0 Å². The zero-order valence-electron chi connectivity index (χ0n) is 9.18. The molecule has 16 heavy (non-hydrogen) atoms. The number of aliphatic hydroxyl groups excluding tert-OH is 1. The van der Waals surface area contributed by atoms with E-state index in [0.29, 0.717) is 25.1 Å². The summed E-state index contributed by atoms with van der Waals surface area (Å²) in [7, 11) is 0.